The first-order valence-electron chi connectivity index (χ1n) is 8.10. The Balaban J connectivity index is 1.98. The van der Waals surface area contributed by atoms with E-state index in [9.17, 15) is 0 Å². The van der Waals surface area contributed by atoms with Gasteiger partial charge in [-0.2, -0.15) is 0 Å². The van der Waals surface area contributed by atoms with Crippen LogP contribution in [0, 0.1) is 11.3 Å². The predicted molar refractivity (Wildman–Crippen MR) is 91.4 cm³/mol. The van der Waals surface area contributed by atoms with Crippen molar-refractivity contribution in [1.29, 1.82) is 0 Å². The number of anilines is 1. The molecule has 2 atom stereocenters. The summed E-state index contributed by atoms with van der Waals surface area (Å²) >= 11 is 6.30. The van der Waals surface area contributed by atoms with E-state index in [0.29, 0.717) is 29.0 Å². The van der Waals surface area contributed by atoms with Gasteiger partial charge in [0.1, 0.15) is 5.75 Å². The van der Waals surface area contributed by atoms with Crippen molar-refractivity contribution in [2.45, 2.75) is 59.4 Å². The van der Waals surface area contributed by atoms with Crippen LogP contribution in [0.4, 0.5) is 5.69 Å². The van der Waals surface area contributed by atoms with Crippen LogP contribution in [0.25, 0.3) is 0 Å². The van der Waals surface area contributed by atoms with Gasteiger partial charge in [0.2, 0.25) is 0 Å². The molecule has 3 heteroatoms. The van der Waals surface area contributed by atoms with Crippen molar-refractivity contribution < 1.29 is 4.74 Å². The summed E-state index contributed by atoms with van der Waals surface area (Å²) in [6.07, 6.45) is 4.77. The molecule has 21 heavy (non-hydrogen) atoms. The molecule has 1 fully saturated rings. The summed E-state index contributed by atoms with van der Waals surface area (Å²) in [5, 5.41) is 4.34. The Morgan fingerprint density at radius 2 is 2.14 bits per heavy atom. The molecule has 0 bridgehead atoms. The molecule has 0 radical (unpaired) electrons. The lowest BCUT2D eigenvalue weighted by Gasteiger charge is -2.40. The zero-order valence-electron chi connectivity index (χ0n) is 13.7. The van der Waals surface area contributed by atoms with E-state index in [0.717, 1.165) is 17.9 Å². The van der Waals surface area contributed by atoms with Crippen LogP contribution in [0.5, 0.6) is 5.75 Å². The van der Waals surface area contributed by atoms with Crippen LogP contribution in [0.1, 0.15) is 53.4 Å². The first-order chi connectivity index (χ1) is 9.91. The second-order valence-electron chi connectivity index (χ2n) is 7.13. The largest absolute Gasteiger partial charge is 0.492 e. The molecule has 0 amide bonds. The second kappa shape index (κ2) is 6.91. The highest BCUT2D eigenvalue weighted by Gasteiger charge is 2.32. The fraction of sp³-hybridized carbons (Fsp3) is 0.667. The highest BCUT2D eigenvalue weighted by atomic mass is 35.5. The minimum Gasteiger partial charge on any atom is -0.492 e. The minimum absolute atomic E-state index is 0.479. The van der Waals surface area contributed by atoms with E-state index in [1.807, 2.05) is 12.1 Å². The van der Waals surface area contributed by atoms with Gasteiger partial charge in [0, 0.05) is 11.7 Å². The number of hydrogen-bond donors (Lipinski definition) is 1. The topological polar surface area (TPSA) is 21.3 Å². The van der Waals surface area contributed by atoms with Crippen LogP contribution in [0.2, 0.25) is 5.02 Å². The molecule has 2 unspecified atom stereocenters. The van der Waals surface area contributed by atoms with Gasteiger partial charge < -0.3 is 10.1 Å². The van der Waals surface area contributed by atoms with Crippen LogP contribution in [0.3, 0.4) is 0 Å². The molecule has 1 N–H and O–H groups in total. The van der Waals surface area contributed by atoms with E-state index >= 15 is 0 Å². The Labute approximate surface area is 134 Å². The van der Waals surface area contributed by atoms with E-state index in [1.54, 1.807) is 0 Å². The SMILES string of the molecule is CCCOc1ccc(NC2CCC(C)(C)CC2C)cc1Cl. The molecule has 1 aromatic rings. The van der Waals surface area contributed by atoms with E-state index in [4.69, 9.17) is 16.3 Å². The van der Waals surface area contributed by atoms with Crippen LogP contribution in [-0.2, 0) is 0 Å². The molecule has 1 saturated carbocycles. The summed E-state index contributed by atoms with van der Waals surface area (Å²) in [6, 6.07) is 6.57. The molecular formula is C18H28ClNO. The molecule has 2 nitrogen and oxygen atoms in total. The third kappa shape index (κ3) is 4.54. The maximum atomic E-state index is 6.30. The molecule has 0 heterocycles. The van der Waals surface area contributed by atoms with E-state index in [-0.39, 0.29) is 0 Å². The third-order valence-electron chi connectivity index (χ3n) is 4.44. The highest BCUT2D eigenvalue weighted by molar-refractivity contribution is 6.32. The highest BCUT2D eigenvalue weighted by Crippen LogP contribution is 2.40. The Kier molecular flexibility index (Phi) is 5.43. The average molecular weight is 310 g/mol. The van der Waals surface area contributed by atoms with E-state index in [2.05, 4.69) is 39.1 Å². The predicted octanol–water partition coefficient (Wildman–Crippen LogP) is 5.76. The van der Waals surface area contributed by atoms with Crippen molar-refractivity contribution in [1.82, 2.24) is 0 Å². The van der Waals surface area contributed by atoms with Crippen molar-refractivity contribution in [3.05, 3.63) is 23.2 Å². The van der Waals surface area contributed by atoms with Crippen molar-refractivity contribution in [3.63, 3.8) is 0 Å². The van der Waals surface area contributed by atoms with Crippen LogP contribution in [0.15, 0.2) is 18.2 Å². The molecule has 1 aromatic carbocycles. The zero-order chi connectivity index (χ0) is 15.5. The average Bonchev–Trinajstić information content (AvgIpc) is 2.40. The minimum atomic E-state index is 0.479. The molecule has 1 aliphatic carbocycles. The van der Waals surface area contributed by atoms with Gasteiger partial charge in [-0.1, -0.05) is 39.3 Å². The first-order valence-corrected chi connectivity index (χ1v) is 8.48. The fourth-order valence-electron chi connectivity index (χ4n) is 3.29. The molecule has 0 saturated heterocycles. The van der Waals surface area contributed by atoms with Gasteiger partial charge in [0.25, 0.3) is 0 Å². The van der Waals surface area contributed by atoms with Gasteiger partial charge >= 0.3 is 0 Å². The summed E-state index contributed by atoms with van der Waals surface area (Å²) in [4.78, 5) is 0. The Hall–Kier alpha value is -0.890. The second-order valence-corrected chi connectivity index (χ2v) is 7.54. The first kappa shape index (κ1) is 16.5. The number of benzene rings is 1. The number of rotatable bonds is 5. The number of halogens is 1. The van der Waals surface area contributed by atoms with Crippen LogP contribution in [-0.4, -0.2) is 12.6 Å². The van der Waals surface area contributed by atoms with Crippen molar-refractivity contribution in [2.75, 3.05) is 11.9 Å². The van der Waals surface area contributed by atoms with Gasteiger partial charge in [-0.15, -0.1) is 0 Å². The normalized spacial score (nSPS) is 24.6. The molecule has 1 aliphatic rings. The number of nitrogens with one attached hydrogen (secondary N) is 1. The van der Waals surface area contributed by atoms with E-state index < -0.39 is 0 Å². The van der Waals surface area contributed by atoms with Gasteiger partial charge in [-0.05, 0) is 55.2 Å². The summed E-state index contributed by atoms with van der Waals surface area (Å²) < 4.78 is 5.62. The Morgan fingerprint density at radius 1 is 1.38 bits per heavy atom. The van der Waals surface area contributed by atoms with Crippen molar-refractivity contribution in [3.8, 4) is 5.75 Å². The monoisotopic (exact) mass is 309 g/mol. The van der Waals surface area contributed by atoms with Crippen LogP contribution >= 0.6 is 11.6 Å². The lowest BCUT2D eigenvalue weighted by atomic mass is 9.70. The fourth-order valence-corrected chi connectivity index (χ4v) is 3.53. The third-order valence-corrected chi connectivity index (χ3v) is 4.73. The molecule has 0 aliphatic heterocycles. The summed E-state index contributed by atoms with van der Waals surface area (Å²) in [5.74, 6) is 1.46. The smallest absolute Gasteiger partial charge is 0.138 e. The molecule has 0 aromatic heterocycles. The summed E-state index contributed by atoms with van der Waals surface area (Å²) in [6.45, 7) is 9.89. The van der Waals surface area contributed by atoms with Crippen molar-refractivity contribution in [2.24, 2.45) is 11.3 Å². The van der Waals surface area contributed by atoms with Gasteiger partial charge in [-0.25, -0.2) is 0 Å². The standard InChI is InChI=1S/C18H28ClNO/c1-5-10-21-17-7-6-14(11-15(17)19)20-16-8-9-18(3,4)12-13(16)2/h6-7,11,13,16,20H,5,8-10,12H2,1-4H3. The maximum absolute atomic E-state index is 6.30. The molecule has 0 spiro atoms. The van der Waals surface area contributed by atoms with Gasteiger partial charge in [0.15, 0.2) is 0 Å². The van der Waals surface area contributed by atoms with Gasteiger partial charge in [-0.3, -0.25) is 0 Å². The van der Waals surface area contributed by atoms with Crippen molar-refractivity contribution >= 4 is 17.3 Å². The summed E-state index contributed by atoms with van der Waals surface area (Å²) in [7, 11) is 0. The lowest BCUT2D eigenvalue weighted by molar-refractivity contribution is 0.177. The van der Waals surface area contributed by atoms with Crippen LogP contribution < -0.4 is 10.1 Å². The van der Waals surface area contributed by atoms with E-state index in [1.165, 1.54) is 19.3 Å². The quantitative estimate of drug-likeness (QED) is 0.747. The molecule has 2 rings (SSSR count). The zero-order valence-corrected chi connectivity index (χ0v) is 14.5. The summed E-state index contributed by atoms with van der Waals surface area (Å²) in [5.41, 5.74) is 1.58. The maximum Gasteiger partial charge on any atom is 0.138 e. The molecular weight excluding hydrogens is 282 g/mol. The van der Waals surface area contributed by atoms with Gasteiger partial charge in [0.05, 0.1) is 11.6 Å². The Morgan fingerprint density at radius 3 is 2.76 bits per heavy atom. The number of ether oxygens (including phenoxy) is 1. The lowest BCUT2D eigenvalue weighted by Crippen LogP contribution is -2.36. The number of hydrogen-bond acceptors (Lipinski definition) is 2. The Bertz CT molecular complexity index is 472. The molecule has 118 valence electrons.